The van der Waals surface area contributed by atoms with Crippen LogP contribution in [0.4, 0.5) is 19.0 Å². The summed E-state index contributed by atoms with van der Waals surface area (Å²) in [4.78, 5) is 15.1. The van der Waals surface area contributed by atoms with Crippen molar-refractivity contribution in [2.45, 2.75) is 31.5 Å². The summed E-state index contributed by atoms with van der Waals surface area (Å²) in [5.41, 5.74) is 1.42. The minimum Gasteiger partial charge on any atom is -0.374 e. The van der Waals surface area contributed by atoms with Crippen LogP contribution < -0.4 is 4.90 Å². The van der Waals surface area contributed by atoms with Gasteiger partial charge in [-0.2, -0.15) is 18.3 Å². The number of imidazole rings is 1. The molecule has 0 aliphatic carbocycles. The van der Waals surface area contributed by atoms with E-state index in [-0.39, 0.29) is 5.56 Å². The van der Waals surface area contributed by atoms with Gasteiger partial charge < -0.3 is 14.6 Å². The van der Waals surface area contributed by atoms with Crippen molar-refractivity contribution in [3.8, 4) is 5.69 Å². The summed E-state index contributed by atoms with van der Waals surface area (Å²) >= 11 is 7.28. The van der Waals surface area contributed by atoms with Crippen molar-refractivity contribution in [1.29, 1.82) is 0 Å². The first-order valence-electron chi connectivity index (χ1n) is 15.3. The molecule has 1 fully saturated rings. The van der Waals surface area contributed by atoms with E-state index >= 15 is 0 Å². The maximum atomic E-state index is 13.4. The molecule has 0 spiro atoms. The lowest BCUT2D eigenvalue weighted by Crippen LogP contribution is -2.47. The standard InChI is InChI=1S/C35H31ClF3N7O/c1-3-22-19-45(20-22)33-28(15-23-5-9-26(10-6-23)46-14-4-13-42-46)32(36)27-16-24(7-11-29(27)43-33)34(47,31-18-40-21-44(31)2)25-8-12-30(41-17-25)35(37,38)39/h4-14,16-18,21-22,47H,3,15,19-20H2,1-2H3. The third kappa shape index (κ3) is 5.53. The van der Waals surface area contributed by atoms with Crippen molar-refractivity contribution in [2.75, 3.05) is 18.0 Å². The van der Waals surface area contributed by atoms with E-state index in [4.69, 9.17) is 16.6 Å². The molecule has 8 nitrogen and oxygen atoms in total. The van der Waals surface area contributed by atoms with Gasteiger partial charge in [0.2, 0.25) is 0 Å². The number of alkyl halides is 3. The highest BCUT2D eigenvalue weighted by Crippen LogP contribution is 2.42. The zero-order valence-corrected chi connectivity index (χ0v) is 26.4. The second kappa shape index (κ2) is 11.8. The number of pyridine rings is 2. The Bertz CT molecular complexity index is 2040. The third-order valence-corrected chi connectivity index (χ3v) is 9.42. The van der Waals surface area contributed by atoms with Crippen molar-refractivity contribution >= 4 is 28.3 Å². The number of aliphatic hydroxyl groups is 1. The highest BCUT2D eigenvalue weighted by Gasteiger charge is 2.39. The highest BCUT2D eigenvalue weighted by atomic mass is 35.5. The Hall–Kier alpha value is -4.74. The largest absolute Gasteiger partial charge is 0.433 e. The molecular formula is C35H31ClF3N7O. The van der Waals surface area contributed by atoms with Crippen LogP contribution in [0.25, 0.3) is 16.6 Å². The van der Waals surface area contributed by atoms with Crippen molar-refractivity contribution in [1.82, 2.24) is 29.3 Å². The first-order valence-corrected chi connectivity index (χ1v) is 15.6. The van der Waals surface area contributed by atoms with Gasteiger partial charge in [0.05, 0.1) is 34.4 Å². The van der Waals surface area contributed by atoms with Crippen LogP contribution in [-0.2, 0) is 25.2 Å². The van der Waals surface area contributed by atoms with Crippen LogP contribution >= 0.6 is 11.6 Å². The summed E-state index contributed by atoms with van der Waals surface area (Å²) < 4.78 is 43.5. The lowest BCUT2D eigenvalue weighted by atomic mass is 9.83. The van der Waals surface area contributed by atoms with Gasteiger partial charge in [0.1, 0.15) is 11.5 Å². The summed E-state index contributed by atoms with van der Waals surface area (Å²) in [6, 6.07) is 17.3. The molecule has 0 saturated carbocycles. The number of fused-ring (bicyclic) bond motifs is 1. The molecule has 5 heterocycles. The summed E-state index contributed by atoms with van der Waals surface area (Å²) in [5.74, 6) is 1.41. The van der Waals surface area contributed by atoms with Crippen molar-refractivity contribution in [3.63, 3.8) is 0 Å². The molecule has 1 unspecified atom stereocenters. The smallest absolute Gasteiger partial charge is 0.374 e. The van der Waals surface area contributed by atoms with E-state index < -0.39 is 17.5 Å². The molecule has 47 heavy (non-hydrogen) atoms. The van der Waals surface area contributed by atoms with Gasteiger partial charge in [-0.1, -0.05) is 42.8 Å². The van der Waals surface area contributed by atoms with Gasteiger partial charge in [0.15, 0.2) is 5.60 Å². The SMILES string of the molecule is CCC1CN(c2nc3ccc(C(O)(c4ccc(C(F)(F)F)nc4)c4cncn4C)cc3c(Cl)c2Cc2ccc(-n3cccn3)cc2)C1. The van der Waals surface area contributed by atoms with Crippen LogP contribution in [0.1, 0.15) is 47.0 Å². The van der Waals surface area contributed by atoms with E-state index in [2.05, 4.69) is 26.9 Å². The van der Waals surface area contributed by atoms with E-state index in [1.54, 1.807) is 40.7 Å². The Labute approximate surface area is 274 Å². The summed E-state index contributed by atoms with van der Waals surface area (Å²) in [6.07, 6.45) is 4.65. The fourth-order valence-corrected chi connectivity index (χ4v) is 6.53. The summed E-state index contributed by atoms with van der Waals surface area (Å²) in [7, 11) is 1.71. The number of benzene rings is 2. The Kier molecular flexibility index (Phi) is 7.76. The first kappa shape index (κ1) is 30.9. The molecule has 4 aromatic heterocycles. The normalized spacial score (nSPS) is 15.2. The summed E-state index contributed by atoms with van der Waals surface area (Å²) in [5, 5.41) is 17.9. The molecule has 0 radical (unpaired) electrons. The number of aromatic nitrogens is 6. The Morgan fingerprint density at radius 1 is 1.00 bits per heavy atom. The van der Waals surface area contributed by atoms with Crippen LogP contribution in [0.3, 0.4) is 0 Å². The van der Waals surface area contributed by atoms with Gasteiger partial charge in [-0.25, -0.2) is 14.6 Å². The second-order valence-corrected chi connectivity index (χ2v) is 12.3. The number of nitrogens with zero attached hydrogens (tertiary/aromatic N) is 7. The average Bonchev–Trinajstić information content (AvgIpc) is 3.74. The number of aryl methyl sites for hydroxylation is 1. The molecule has 240 valence electrons. The maximum Gasteiger partial charge on any atom is 0.433 e. The molecule has 1 saturated heterocycles. The lowest BCUT2D eigenvalue weighted by Gasteiger charge is -2.41. The maximum absolute atomic E-state index is 13.4. The fraction of sp³-hybridized carbons (Fsp3) is 0.257. The molecular weight excluding hydrogens is 627 g/mol. The topological polar surface area (TPSA) is 84.9 Å². The van der Waals surface area contributed by atoms with Gasteiger partial charge in [-0.15, -0.1) is 0 Å². The van der Waals surface area contributed by atoms with E-state index in [0.717, 1.165) is 54.4 Å². The van der Waals surface area contributed by atoms with Gasteiger partial charge in [0, 0.05) is 61.7 Å². The van der Waals surface area contributed by atoms with E-state index in [9.17, 15) is 18.3 Å². The van der Waals surface area contributed by atoms with Crippen LogP contribution in [0, 0.1) is 5.92 Å². The Morgan fingerprint density at radius 2 is 1.77 bits per heavy atom. The average molecular weight is 658 g/mol. The van der Waals surface area contributed by atoms with Crippen LogP contribution in [0.2, 0.25) is 5.02 Å². The van der Waals surface area contributed by atoms with Gasteiger partial charge in [0.25, 0.3) is 0 Å². The first-order chi connectivity index (χ1) is 22.6. The molecule has 12 heteroatoms. The lowest BCUT2D eigenvalue weighted by molar-refractivity contribution is -0.141. The van der Waals surface area contributed by atoms with E-state index in [0.29, 0.717) is 39.5 Å². The molecule has 6 aromatic rings. The van der Waals surface area contributed by atoms with E-state index in [1.807, 2.05) is 36.5 Å². The monoisotopic (exact) mass is 657 g/mol. The molecule has 1 aliphatic rings. The minimum atomic E-state index is -4.62. The minimum absolute atomic E-state index is 0.151. The predicted molar refractivity (Wildman–Crippen MR) is 174 cm³/mol. The number of hydrogen-bond donors (Lipinski definition) is 1. The van der Waals surface area contributed by atoms with Gasteiger partial charge >= 0.3 is 6.18 Å². The third-order valence-electron chi connectivity index (χ3n) is 8.99. The van der Waals surface area contributed by atoms with Crippen molar-refractivity contribution in [3.05, 3.63) is 130 Å². The molecule has 7 rings (SSSR count). The summed E-state index contributed by atoms with van der Waals surface area (Å²) in [6.45, 7) is 3.95. The predicted octanol–water partition coefficient (Wildman–Crippen LogP) is 6.94. The Balaban J connectivity index is 1.35. The highest BCUT2D eigenvalue weighted by molar-refractivity contribution is 6.36. The van der Waals surface area contributed by atoms with E-state index in [1.165, 1.54) is 18.6 Å². The second-order valence-electron chi connectivity index (χ2n) is 12.0. The molecule has 0 amide bonds. The van der Waals surface area contributed by atoms with Crippen LogP contribution in [-0.4, -0.2) is 47.5 Å². The van der Waals surface area contributed by atoms with Crippen molar-refractivity contribution < 1.29 is 18.3 Å². The molecule has 1 N–H and O–H groups in total. The molecule has 1 aliphatic heterocycles. The zero-order chi connectivity index (χ0) is 32.9. The molecule has 0 bridgehead atoms. The number of anilines is 1. The van der Waals surface area contributed by atoms with Crippen LogP contribution in [0.5, 0.6) is 0 Å². The zero-order valence-electron chi connectivity index (χ0n) is 25.7. The van der Waals surface area contributed by atoms with Gasteiger partial charge in [-0.3, -0.25) is 4.98 Å². The number of hydrogen-bond acceptors (Lipinski definition) is 6. The van der Waals surface area contributed by atoms with Crippen LogP contribution in [0.15, 0.2) is 91.8 Å². The Morgan fingerprint density at radius 3 is 2.38 bits per heavy atom. The van der Waals surface area contributed by atoms with Crippen molar-refractivity contribution in [2.24, 2.45) is 13.0 Å². The van der Waals surface area contributed by atoms with Gasteiger partial charge in [-0.05, 0) is 59.9 Å². The molecule has 2 aromatic carbocycles. The fourth-order valence-electron chi connectivity index (χ4n) is 6.23. The molecule has 1 atom stereocenters. The number of rotatable bonds is 8. The quantitative estimate of drug-likeness (QED) is 0.191. The number of halogens is 4.